The molecule has 1 aliphatic heterocycles. The minimum atomic E-state index is -0.918. The molecule has 0 bridgehead atoms. The third-order valence-electron chi connectivity index (χ3n) is 6.87. The number of nitrogens with one attached hydrogen (secondary N) is 1. The van der Waals surface area contributed by atoms with Gasteiger partial charge in [-0.05, 0) is 42.1 Å². The lowest BCUT2D eigenvalue weighted by Crippen LogP contribution is -2.49. The third kappa shape index (κ3) is 6.38. The second-order valence-electron chi connectivity index (χ2n) is 9.26. The summed E-state index contributed by atoms with van der Waals surface area (Å²) < 4.78 is 14.7. The summed E-state index contributed by atoms with van der Waals surface area (Å²) in [6, 6.07) is 6.26. The van der Waals surface area contributed by atoms with Gasteiger partial charge in [0.2, 0.25) is 5.91 Å². The van der Waals surface area contributed by atoms with Gasteiger partial charge in [-0.1, -0.05) is 25.0 Å². The number of nitrogens with two attached hydrogens (primary N) is 2. The zero-order chi connectivity index (χ0) is 26.4. The largest absolute Gasteiger partial charge is 0.497 e. The fourth-order valence-electron chi connectivity index (χ4n) is 4.79. The van der Waals surface area contributed by atoms with E-state index >= 15 is 0 Å². The van der Waals surface area contributed by atoms with Gasteiger partial charge >= 0.3 is 0 Å². The van der Waals surface area contributed by atoms with Crippen LogP contribution in [0.15, 0.2) is 24.3 Å². The van der Waals surface area contributed by atoms with Crippen LogP contribution in [-0.2, 0) is 9.53 Å². The fraction of sp³-hybridized carbons (Fsp3) is 0.520. The van der Waals surface area contributed by atoms with Crippen molar-refractivity contribution < 1.29 is 23.9 Å². The summed E-state index contributed by atoms with van der Waals surface area (Å²) in [5.74, 6) is -0.898. The number of carbonyl (C=O) groups is 3. The molecule has 5 N–H and O–H groups in total. The number of nitrogen functional groups attached to an aromatic ring is 1. The molecule has 1 aliphatic carbocycles. The van der Waals surface area contributed by atoms with Crippen molar-refractivity contribution in [1.29, 1.82) is 0 Å². The number of hydrogen-bond donors (Lipinski definition) is 3. The number of rotatable bonds is 10. The van der Waals surface area contributed by atoms with Gasteiger partial charge in [0.25, 0.3) is 11.8 Å². The highest BCUT2D eigenvalue weighted by Crippen LogP contribution is 2.30. The number of nitrogens with zero attached hydrogens (tertiary/aromatic N) is 3. The molecule has 1 saturated heterocycles. The van der Waals surface area contributed by atoms with Crippen LogP contribution in [0.25, 0.3) is 0 Å². The van der Waals surface area contributed by atoms with Gasteiger partial charge in [0.05, 0.1) is 26.0 Å². The van der Waals surface area contributed by atoms with Crippen LogP contribution in [0.5, 0.6) is 5.75 Å². The second kappa shape index (κ2) is 12.3. The van der Waals surface area contributed by atoms with E-state index in [4.69, 9.17) is 20.9 Å². The van der Waals surface area contributed by atoms with Gasteiger partial charge in [-0.2, -0.15) is 4.37 Å². The molecule has 2 aromatic rings. The normalized spacial score (nSPS) is 17.3. The van der Waals surface area contributed by atoms with E-state index in [-0.39, 0.29) is 34.8 Å². The summed E-state index contributed by atoms with van der Waals surface area (Å²) in [4.78, 5) is 43.3. The number of aromatic nitrogens is 1. The monoisotopic (exact) mass is 530 g/mol. The molecule has 11 nitrogen and oxygen atoms in total. The number of amides is 3. The molecule has 200 valence electrons. The average Bonchev–Trinajstić information content (AvgIpc) is 3.56. The van der Waals surface area contributed by atoms with E-state index in [0.717, 1.165) is 50.3 Å². The molecule has 1 aromatic carbocycles. The summed E-state index contributed by atoms with van der Waals surface area (Å²) in [7, 11) is 1.57. The number of benzene rings is 1. The van der Waals surface area contributed by atoms with Gasteiger partial charge < -0.3 is 31.2 Å². The van der Waals surface area contributed by atoms with Crippen LogP contribution in [0.3, 0.4) is 0 Å². The smallest absolute Gasteiger partial charge is 0.270 e. The Morgan fingerprint density at radius 1 is 1.22 bits per heavy atom. The second-order valence-corrected chi connectivity index (χ2v) is 10.0. The molecule has 12 heteroatoms. The van der Waals surface area contributed by atoms with Crippen LogP contribution < -0.4 is 21.5 Å². The molecule has 1 saturated carbocycles. The first kappa shape index (κ1) is 26.8. The van der Waals surface area contributed by atoms with E-state index in [2.05, 4.69) is 14.6 Å². The highest BCUT2D eigenvalue weighted by Gasteiger charge is 2.36. The summed E-state index contributed by atoms with van der Waals surface area (Å²) >= 11 is 0.813. The quantitative estimate of drug-likeness (QED) is 0.417. The minimum absolute atomic E-state index is 0.0662. The van der Waals surface area contributed by atoms with E-state index in [1.165, 1.54) is 4.90 Å². The topological polar surface area (TPSA) is 153 Å². The Labute approximate surface area is 220 Å². The van der Waals surface area contributed by atoms with Gasteiger partial charge in [-0.25, -0.2) is 0 Å². The van der Waals surface area contributed by atoms with E-state index in [0.29, 0.717) is 31.1 Å². The first-order valence-electron chi connectivity index (χ1n) is 12.5. The molecule has 0 radical (unpaired) electrons. The van der Waals surface area contributed by atoms with Crippen molar-refractivity contribution in [3.05, 3.63) is 40.4 Å². The van der Waals surface area contributed by atoms with Gasteiger partial charge in [-0.3, -0.25) is 19.3 Å². The molecule has 2 fully saturated rings. The maximum atomic E-state index is 14.0. The van der Waals surface area contributed by atoms with Crippen LogP contribution >= 0.6 is 11.5 Å². The fourth-order valence-corrected chi connectivity index (χ4v) is 5.55. The first-order chi connectivity index (χ1) is 17.9. The average molecular weight is 531 g/mol. The lowest BCUT2D eigenvalue weighted by molar-refractivity contribution is -0.126. The lowest BCUT2D eigenvalue weighted by Gasteiger charge is -2.34. The zero-order valence-electron chi connectivity index (χ0n) is 21.0. The van der Waals surface area contributed by atoms with Crippen molar-refractivity contribution in [2.75, 3.05) is 52.2 Å². The van der Waals surface area contributed by atoms with Crippen LogP contribution in [0.2, 0.25) is 0 Å². The van der Waals surface area contributed by atoms with Crippen LogP contribution in [0, 0.1) is 0 Å². The molecule has 1 unspecified atom stereocenters. The van der Waals surface area contributed by atoms with Gasteiger partial charge in [0, 0.05) is 32.2 Å². The summed E-state index contributed by atoms with van der Waals surface area (Å²) in [5, 5.41) is 3.15. The summed E-state index contributed by atoms with van der Waals surface area (Å²) in [5.41, 5.74) is 11.9. The Bertz CT molecular complexity index is 1100. The summed E-state index contributed by atoms with van der Waals surface area (Å²) in [6.45, 7) is 3.50. The molecule has 2 aliphatic rings. The van der Waals surface area contributed by atoms with E-state index in [1.807, 2.05) is 0 Å². The molecule has 1 aromatic heterocycles. The van der Waals surface area contributed by atoms with Crippen molar-refractivity contribution in [3.8, 4) is 5.75 Å². The van der Waals surface area contributed by atoms with Crippen molar-refractivity contribution in [2.24, 2.45) is 5.73 Å². The predicted octanol–water partition coefficient (Wildman–Crippen LogP) is 1.41. The highest BCUT2D eigenvalue weighted by molar-refractivity contribution is 7.09. The van der Waals surface area contributed by atoms with E-state index < -0.39 is 17.9 Å². The maximum absolute atomic E-state index is 14.0. The summed E-state index contributed by atoms with van der Waals surface area (Å²) in [6.07, 6.45) is 3.94. The number of hydrogen-bond acceptors (Lipinski definition) is 9. The van der Waals surface area contributed by atoms with Crippen LogP contribution in [0.1, 0.15) is 57.4 Å². The van der Waals surface area contributed by atoms with Crippen molar-refractivity contribution in [2.45, 2.75) is 37.8 Å². The SMILES string of the molecule is COc1ccc(C(C(=O)NC2CCCC2)N(CCN2CCOCC2)C(=O)c2snc(C(N)=O)c2N)cc1. The van der Waals surface area contributed by atoms with Crippen LogP contribution in [0.4, 0.5) is 5.69 Å². The Hall–Kier alpha value is -3.22. The number of methoxy groups -OCH3 is 1. The van der Waals surface area contributed by atoms with Crippen molar-refractivity contribution in [3.63, 3.8) is 0 Å². The van der Waals surface area contributed by atoms with Crippen molar-refractivity contribution >= 4 is 34.9 Å². The molecule has 3 amide bonds. The molecule has 4 rings (SSSR count). The van der Waals surface area contributed by atoms with E-state index in [1.54, 1.807) is 31.4 Å². The Morgan fingerprint density at radius 3 is 2.49 bits per heavy atom. The standard InChI is InChI=1S/C25H34N6O5S/c1-35-18-8-6-16(7-9-18)21(24(33)28-17-4-2-3-5-17)31(11-10-30-12-14-36-15-13-30)25(34)22-19(26)20(23(27)32)29-37-22/h6-9,17,21H,2-5,10-15,26H2,1H3,(H2,27,32)(H,28,33). The lowest BCUT2D eigenvalue weighted by atomic mass is 10.0. The first-order valence-corrected chi connectivity index (χ1v) is 13.3. The van der Waals surface area contributed by atoms with Gasteiger partial charge in [0.1, 0.15) is 16.7 Å². The molecule has 37 heavy (non-hydrogen) atoms. The molecular weight excluding hydrogens is 496 g/mol. The zero-order valence-corrected chi connectivity index (χ0v) is 21.8. The molecule has 0 spiro atoms. The molecule has 2 heterocycles. The molecule has 1 atom stereocenters. The van der Waals surface area contributed by atoms with E-state index in [9.17, 15) is 14.4 Å². The van der Waals surface area contributed by atoms with Gasteiger partial charge in [-0.15, -0.1) is 0 Å². The van der Waals surface area contributed by atoms with Crippen molar-refractivity contribution in [1.82, 2.24) is 19.5 Å². The Kier molecular flexibility index (Phi) is 8.95. The third-order valence-corrected chi connectivity index (χ3v) is 7.72. The van der Waals surface area contributed by atoms with Gasteiger partial charge in [0.15, 0.2) is 5.69 Å². The number of morpholine rings is 1. The molecular formula is C25H34N6O5S. The highest BCUT2D eigenvalue weighted by atomic mass is 32.1. The number of anilines is 1. The number of ether oxygens (including phenoxy) is 2. The Balaban J connectivity index is 1.70. The number of primary amides is 1. The predicted molar refractivity (Wildman–Crippen MR) is 139 cm³/mol. The minimum Gasteiger partial charge on any atom is -0.497 e. The Morgan fingerprint density at radius 2 is 1.89 bits per heavy atom. The number of carbonyl (C=O) groups excluding carboxylic acids is 3. The maximum Gasteiger partial charge on any atom is 0.270 e. The van der Waals surface area contributed by atoms with Crippen LogP contribution in [-0.4, -0.2) is 84.4 Å².